The summed E-state index contributed by atoms with van der Waals surface area (Å²) in [5, 5.41) is 20.8. The number of piperazine rings is 1. The normalized spacial score (nSPS) is 19.5. The molecule has 2 amide bonds. The van der Waals surface area contributed by atoms with Crippen molar-refractivity contribution < 1.29 is 24.5 Å². The Morgan fingerprint density at radius 2 is 1.52 bits per heavy atom. The van der Waals surface area contributed by atoms with Crippen LogP contribution in [-0.2, 0) is 35.7 Å². The number of hydrogen-bond donors (Lipinski definition) is 3. The fraction of sp³-hybridized carbons (Fsp3) is 0.510. The van der Waals surface area contributed by atoms with Gasteiger partial charge in [0.1, 0.15) is 17.3 Å². The zero-order chi connectivity index (χ0) is 46.3. The van der Waals surface area contributed by atoms with E-state index in [1.54, 1.807) is 28.5 Å². The number of piperidine rings is 2. The molecule has 0 unspecified atom stereocenters. The topological polar surface area (TPSA) is 168 Å². The Bertz CT molecular complexity index is 2630. The van der Waals surface area contributed by atoms with Gasteiger partial charge in [0.2, 0.25) is 5.91 Å². The Labute approximate surface area is 397 Å². The van der Waals surface area contributed by atoms with Gasteiger partial charge in [-0.3, -0.25) is 24.3 Å². The standard InChI is InChI=1S/C51H64N10O5S/c1-32(2)41-25-42(45(63)26-44(41)62)51(65)61-29-36-5-4-34(23-38(36)30-61)28-56-12-8-39(9-13-56)58-14-16-60(17-15-58)50(64)35-6-10-57(11-7-35)31-40-24-43-46(67-40)49(59-18-20-66-21-19-59)55-48(54-43)37-22-33(3)47(52)53-27-37/h4-5,22-27,32,35,39,62-63H,6-21,28-31H2,1-3H3,(H2,52,53). The number of rotatable bonds is 10. The van der Waals surface area contributed by atoms with Crippen LogP contribution in [0, 0.1) is 12.8 Å². The summed E-state index contributed by atoms with van der Waals surface area (Å²) in [6.45, 7) is 18.9. The molecular formula is C51H64N10O5S. The maximum Gasteiger partial charge on any atom is 0.258 e. The number of likely N-dealkylation sites (tertiary alicyclic amines) is 2. The number of ether oxygens (including phenoxy) is 1. The number of carbonyl (C=O) groups excluding carboxylic acids is 2. The molecule has 4 N–H and O–H groups in total. The number of amides is 2. The number of phenolic OH excluding ortho intramolecular Hbond substituents is 2. The molecule has 0 radical (unpaired) electrons. The first kappa shape index (κ1) is 45.4. The van der Waals surface area contributed by atoms with Gasteiger partial charge in [-0.15, -0.1) is 11.3 Å². The molecule has 4 saturated heterocycles. The Morgan fingerprint density at radius 1 is 0.806 bits per heavy atom. The summed E-state index contributed by atoms with van der Waals surface area (Å²) in [7, 11) is 0. The molecule has 0 spiro atoms. The number of phenols is 2. The van der Waals surface area contributed by atoms with Gasteiger partial charge in [-0.2, -0.15) is 0 Å². The first-order chi connectivity index (χ1) is 32.4. The molecule has 5 aliphatic heterocycles. The monoisotopic (exact) mass is 928 g/mol. The molecular weight excluding hydrogens is 865 g/mol. The number of hydrogen-bond acceptors (Lipinski definition) is 14. The number of aromatic hydroxyl groups is 2. The number of carbonyl (C=O) groups is 2. The van der Waals surface area contributed by atoms with Crippen LogP contribution in [-0.4, -0.2) is 146 Å². The highest BCUT2D eigenvalue weighted by Crippen LogP contribution is 2.37. The van der Waals surface area contributed by atoms with Gasteiger partial charge >= 0.3 is 0 Å². The van der Waals surface area contributed by atoms with E-state index in [0.717, 1.165) is 143 Å². The molecule has 16 heteroatoms. The van der Waals surface area contributed by atoms with Crippen molar-refractivity contribution in [3.63, 3.8) is 0 Å². The van der Waals surface area contributed by atoms with Gasteiger partial charge in [-0.05, 0) is 111 Å². The maximum absolute atomic E-state index is 13.9. The van der Waals surface area contributed by atoms with Gasteiger partial charge in [0.15, 0.2) is 11.6 Å². The molecule has 0 bridgehead atoms. The number of benzene rings is 2. The van der Waals surface area contributed by atoms with Crippen LogP contribution in [0.2, 0.25) is 0 Å². The minimum Gasteiger partial charge on any atom is -0.508 e. The summed E-state index contributed by atoms with van der Waals surface area (Å²) in [6.07, 6.45) is 5.78. The van der Waals surface area contributed by atoms with E-state index in [2.05, 4.69) is 53.7 Å². The van der Waals surface area contributed by atoms with Gasteiger partial charge in [0, 0.05) is 100 Å². The third kappa shape index (κ3) is 9.69. The van der Waals surface area contributed by atoms with E-state index >= 15 is 0 Å². The van der Waals surface area contributed by atoms with Crippen molar-refractivity contribution in [1.82, 2.24) is 39.5 Å². The number of aryl methyl sites for hydroxylation is 1. The molecule has 4 fully saturated rings. The molecule has 0 atom stereocenters. The van der Waals surface area contributed by atoms with E-state index in [1.807, 2.05) is 26.8 Å². The third-order valence-electron chi connectivity index (χ3n) is 14.8. The van der Waals surface area contributed by atoms with Gasteiger partial charge in [0.05, 0.1) is 29.0 Å². The molecule has 5 aliphatic rings. The van der Waals surface area contributed by atoms with Crippen LogP contribution in [0.25, 0.3) is 21.6 Å². The maximum atomic E-state index is 13.9. The van der Waals surface area contributed by atoms with Crippen molar-refractivity contribution in [2.24, 2.45) is 5.92 Å². The quantitative estimate of drug-likeness (QED) is 0.145. The molecule has 0 saturated carbocycles. The summed E-state index contributed by atoms with van der Waals surface area (Å²) in [5.74, 6) is 2.17. The van der Waals surface area contributed by atoms with E-state index in [9.17, 15) is 19.8 Å². The Balaban J connectivity index is 0.676. The lowest BCUT2D eigenvalue weighted by Crippen LogP contribution is -2.55. The second-order valence-corrected chi connectivity index (χ2v) is 20.7. The molecule has 3 aromatic heterocycles. The Kier molecular flexibility index (Phi) is 13.1. The van der Waals surface area contributed by atoms with E-state index < -0.39 is 0 Å². The van der Waals surface area contributed by atoms with Crippen LogP contribution >= 0.6 is 11.3 Å². The lowest BCUT2D eigenvalue weighted by Gasteiger charge is -2.43. The molecule has 2 aromatic carbocycles. The summed E-state index contributed by atoms with van der Waals surface area (Å²) in [6, 6.07) is 14.3. The Morgan fingerprint density at radius 3 is 2.25 bits per heavy atom. The van der Waals surface area contributed by atoms with Crippen LogP contribution < -0.4 is 10.6 Å². The Hall–Kier alpha value is -5.39. The number of nitrogen functional groups attached to an aromatic ring is 1. The van der Waals surface area contributed by atoms with Crippen LogP contribution in [0.5, 0.6) is 11.5 Å². The van der Waals surface area contributed by atoms with Crippen molar-refractivity contribution in [2.45, 2.75) is 84.6 Å². The van der Waals surface area contributed by atoms with Crippen LogP contribution in [0.15, 0.2) is 48.7 Å². The van der Waals surface area contributed by atoms with Crippen molar-refractivity contribution in [2.75, 3.05) is 89.3 Å². The predicted octanol–water partition coefficient (Wildman–Crippen LogP) is 6.19. The number of nitrogens with zero attached hydrogens (tertiary/aromatic N) is 9. The second-order valence-electron chi connectivity index (χ2n) is 19.6. The minimum atomic E-state index is -0.223. The largest absolute Gasteiger partial charge is 0.508 e. The average molecular weight is 929 g/mol. The molecule has 0 aliphatic carbocycles. The van der Waals surface area contributed by atoms with Crippen molar-refractivity contribution >= 4 is 45.0 Å². The number of pyridine rings is 1. The number of nitrogens with two attached hydrogens (primary N) is 1. The van der Waals surface area contributed by atoms with Crippen molar-refractivity contribution in [1.29, 1.82) is 0 Å². The van der Waals surface area contributed by atoms with Gasteiger partial charge in [-0.25, -0.2) is 15.0 Å². The molecule has 15 nitrogen and oxygen atoms in total. The lowest BCUT2D eigenvalue weighted by atomic mass is 9.94. The highest BCUT2D eigenvalue weighted by molar-refractivity contribution is 7.19. The zero-order valence-electron chi connectivity index (χ0n) is 39.1. The molecule has 67 heavy (non-hydrogen) atoms. The van der Waals surface area contributed by atoms with Crippen LogP contribution in [0.4, 0.5) is 11.6 Å². The smallest absolute Gasteiger partial charge is 0.258 e. The molecule has 354 valence electrons. The number of anilines is 2. The van der Waals surface area contributed by atoms with Crippen LogP contribution in [0.3, 0.4) is 0 Å². The van der Waals surface area contributed by atoms with Crippen LogP contribution in [0.1, 0.15) is 88.5 Å². The molecule has 10 rings (SSSR count). The minimum absolute atomic E-state index is 0.00997. The summed E-state index contributed by atoms with van der Waals surface area (Å²) in [4.78, 5) is 57.0. The van der Waals surface area contributed by atoms with Crippen molar-refractivity contribution in [3.05, 3.63) is 86.9 Å². The number of aromatic nitrogens is 3. The number of fused-ring (bicyclic) bond motifs is 2. The van der Waals surface area contributed by atoms with E-state index in [4.69, 9.17) is 20.4 Å². The first-order valence-corrected chi connectivity index (χ1v) is 25.0. The molecule has 5 aromatic rings. The first-order valence-electron chi connectivity index (χ1n) is 24.2. The fourth-order valence-electron chi connectivity index (χ4n) is 10.8. The second kappa shape index (κ2) is 19.3. The number of morpholine rings is 1. The lowest BCUT2D eigenvalue weighted by molar-refractivity contribution is -0.139. The summed E-state index contributed by atoms with van der Waals surface area (Å²) in [5.41, 5.74) is 13.2. The third-order valence-corrected chi connectivity index (χ3v) is 15.9. The van der Waals surface area contributed by atoms with E-state index in [1.165, 1.54) is 16.5 Å². The highest BCUT2D eigenvalue weighted by atomic mass is 32.1. The molecule has 8 heterocycles. The SMILES string of the molecule is Cc1cc(-c2nc(N3CCOCC3)c3sc(CN4CCC(C(=O)N5CCN(C6CCN(Cc7ccc8c(c7)CN(C(=O)c7cc(C(C)C)c(O)cc7O)C8)CC6)CC5)CC4)cc3n2)cnc1N. The summed E-state index contributed by atoms with van der Waals surface area (Å²) < 4.78 is 6.77. The van der Waals surface area contributed by atoms with Gasteiger partial charge in [-0.1, -0.05) is 32.0 Å². The van der Waals surface area contributed by atoms with Gasteiger partial charge < -0.3 is 35.4 Å². The number of thiophene rings is 1. The average Bonchev–Trinajstić information content (AvgIpc) is 3.96. The fourth-order valence-corrected chi connectivity index (χ4v) is 11.9. The van der Waals surface area contributed by atoms with Crippen molar-refractivity contribution in [3.8, 4) is 22.9 Å². The predicted molar refractivity (Wildman–Crippen MR) is 261 cm³/mol. The summed E-state index contributed by atoms with van der Waals surface area (Å²) >= 11 is 1.78. The van der Waals surface area contributed by atoms with E-state index in [0.29, 0.717) is 55.5 Å². The zero-order valence-corrected chi connectivity index (χ0v) is 39.9. The van der Waals surface area contributed by atoms with Gasteiger partial charge in [0.25, 0.3) is 5.91 Å². The highest BCUT2D eigenvalue weighted by Gasteiger charge is 2.34. The van der Waals surface area contributed by atoms with E-state index in [-0.39, 0.29) is 34.8 Å².